The Bertz CT molecular complexity index is 727. The molecule has 1 heterocycles. The Labute approximate surface area is 130 Å². The number of halogens is 1. The molecule has 2 rings (SSSR count). The van der Waals surface area contributed by atoms with Gasteiger partial charge in [0.15, 0.2) is 5.11 Å². The van der Waals surface area contributed by atoms with E-state index >= 15 is 0 Å². The van der Waals surface area contributed by atoms with Gasteiger partial charge in [0.2, 0.25) is 0 Å². The first-order chi connectivity index (χ1) is 9.97. The lowest BCUT2D eigenvalue weighted by atomic mass is 10.1. The zero-order valence-electron chi connectivity index (χ0n) is 10.5. The first kappa shape index (κ1) is 15.0. The molecule has 0 radical (unpaired) electrons. The highest BCUT2D eigenvalue weighted by atomic mass is 35.5. The number of carboxylic acids is 1. The van der Waals surface area contributed by atoms with Crippen LogP contribution in [0.5, 0.6) is 0 Å². The summed E-state index contributed by atoms with van der Waals surface area (Å²) in [5, 5.41) is 13.4. The Morgan fingerprint density at radius 1 is 1.43 bits per heavy atom. The second kappa shape index (κ2) is 6.38. The van der Waals surface area contributed by atoms with E-state index in [1.54, 1.807) is 12.1 Å². The summed E-state index contributed by atoms with van der Waals surface area (Å²) in [6.07, 6.45) is 1.37. The molecular weight excluding hydrogens is 314 g/mol. The molecule has 0 amide bonds. The second-order valence-corrected chi connectivity index (χ2v) is 4.81. The van der Waals surface area contributed by atoms with Crippen molar-refractivity contribution in [1.82, 2.24) is 5.43 Å². The fourth-order valence-electron chi connectivity index (χ4n) is 1.63. The molecule has 108 valence electrons. The number of nitrogens with one attached hydrogen (secondary N) is 1. The molecule has 21 heavy (non-hydrogen) atoms. The molecule has 0 fully saturated rings. The van der Waals surface area contributed by atoms with E-state index in [0.717, 1.165) is 0 Å². The van der Waals surface area contributed by atoms with Gasteiger partial charge in [-0.05, 0) is 42.5 Å². The van der Waals surface area contributed by atoms with Gasteiger partial charge in [-0.15, -0.1) is 0 Å². The van der Waals surface area contributed by atoms with Gasteiger partial charge in [-0.25, -0.2) is 4.79 Å². The van der Waals surface area contributed by atoms with Crippen LogP contribution in [0, 0.1) is 0 Å². The van der Waals surface area contributed by atoms with E-state index in [0.29, 0.717) is 22.1 Å². The standard InChI is InChI=1S/C13H10ClN3O3S/c14-7-1-3-9(12(18)19)10(5-7)11-4-2-8(20-11)6-16-17-13(15)21/h1-6H,(H,18,19)(H3,15,17,21)/b16-6+. The van der Waals surface area contributed by atoms with Gasteiger partial charge in [-0.1, -0.05) is 11.6 Å². The van der Waals surface area contributed by atoms with Crippen molar-refractivity contribution in [3.8, 4) is 11.3 Å². The van der Waals surface area contributed by atoms with Crippen molar-refractivity contribution in [2.24, 2.45) is 10.8 Å². The number of nitrogens with two attached hydrogens (primary N) is 1. The normalized spacial score (nSPS) is 10.7. The summed E-state index contributed by atoms with van der Waals surface area (Å²) in [5.41, 5.74) is 8.09. The van der Waals surface area contributed by atoms with Crippen molar-refractivity contribution in [2.45, 2.75) is 0 Å². The molecule has 0 aliphatic carbocycles. The smallest absolute Gasteiger partial charge is 0.336 e. The number of aromatic carboxylic acids is 1. The fourth-order valence-corrected chi connectivity index (χ4v) is 1.86. The Balaban J connectivity index is 2.33. The number of nitrogens with zero attached hydrogens (tertiary/aromatic N) is 1. The highest BCUT2D eigenvalue weighted by molar-refractivity contribution is 7.80. The summed E-state index contributed by atoms with van der Waals surface area (Å²) in [6, 6.07) is 7.71. The van der Waals surface area contributed by atoms with Crippen LogP contribution in [-0.2, 0) is 0 Å². The van der Waals surface area contributed by atoms with Gasteiger partial charge in [-0.3, -0.25) is 5.43 Å². The summed E-state index contributed by atoms with van der Waals surface area (Å²) in [4.78, 5) is 11.2. The lowest BCUT2D eigenvalue weighted by molar-refractivity contribution is 0.0697. The Hall–Kier alpha value is -2.38. The topological polar surface area (TPSA) is 101 Å². The quantitative estimate of drug-likeness (QED) is 0.454. The van der Waals surface area contributed by atoms with Crippen molar-refractivity contribution in [1.29, 1.82) is 0 Å². The number of thiocarbonyl (C=S) groups is 1. The molecule has 0 spiro atoms. The van der Waals surface area contributed by atoms with Crippen molar-refractivity contribution in [3.63, 3.8) is 0 Å². The number of hydrogen-bond donors (Lipinski definition) is 3. The lowest BCUT2D eigenvalue weighted by Gasteiger charge is -2.03. The summed E-state index contributed by atoms with van der Waals surface area (Å²) in [5.74, 6) is -0.292. The Kier molecular flexibility index (Phi) is 4.56. The third kappa shape index (κ3) is 3.80. The summed E-state index contributed by atoms with van der Waals surface area (Å²) < 4.78 is 5.50. The number of hydrazone groups is 1. The first-order valence-electron chi connectivity index (χ1n) is 5.69. The Morgan fingerprint density at radius 2 is 2.19 bits per heavy atom. The van der Waals surface area contributed by atoms with Crippen LogP contribution in [0.3, 0.4) is 0 Å². The lowest BCUT2D eigenvalue weighted by Crippen LogP contribution is -2.23. The molecule has 1 aromatic carbocycles. The minimum atomic E-state index is -1.07. The van der Waals surface area contributed by atoms with Crippen LogP contribution in [0.15, 0.2) is 39.9 Å². The van der Waals surface area contributed by atoms with Gasteiger partial charge in [0.1, 0.15) is 11.5 Å². The predicted octanol–water partition coefficient (Wildman–Crippen LogP) is 2.47. The average molecular weight is 324 g/mol. The number of carboxylic acid groups (broad SMARTS) is 1. The third-order valence-electron chi connectivity index (χ3n) is 2.47. The zero-order chi connectivity index (χ0) is 15.4. The maximum absolute atomic E-state index is 11.2. The van der Waals surface area contributed by atoms with Crippen LogP contribution in [0.25, 0.3) is 11.3 Å². The van der Waals surface area contributed by atoms with E-state index < -0.39 is 5.97 Å². The van der Waals surface area contributed by atoms with Gasteiger partial charge in [0, 0.05) is 10.6 Å². The maximum atomic E-state index is 11.2. The van der Waals surface area contributed by atoms with Gasteiger partial charge in [-0.2, -0.15) is 5.10 Å². The highest BCUT2D eigenvalue weighted by Gasteiger charge is 2.15. The summed E-state index contributed by atoms with van der Waals surface area (Å²) >= 11 is 10.5. The molecule has 0 atom stereocenters. The minimum absolute atomic E-state index is 0.0287. The summed E-state index contributed by atoms with van der Waals surface area (Å²) in [6.45, 7) is 0. The van der Waals surface area contributed by atoms with E-state index in [4.69, 9.17) is 21.8 Å². The Morgan fingerprint density at radius 3 is 2.86 bits per heavy atom. The average Bonchev–Trinajstić information content (AvgIpc) is 2.86. The van der Waals surface area contributed by atoms with Gasteiger partial charge < -0.3 is 15.3 Å². The van der Waals surface area contributed by atoms with Crippen LogP contribution in [0.4, 0.5) is 0 Å². The molecule has 0 aliphatic rings. The molecule has 8 heteroatoms. The molecule has 1 aromatic heterocycles. The fraction of sp³-hybridized carbons (Fsp3) is 0. The van der Waals surface area contributed by atoms with Gasteiger partial charge >= 0.3 is 5.97 Å². The van der Waals surface area contributed by atoms with Crippen LogP contribution >= 0.6 is 23.8 Å². The number of hydrogen-bond acceptors (Lipinski definition) is 4. The van der Waals surface area contributed by atoms with Gasteiger partial charge in [0.25, 0.3) is 0 Å². The largest absolute Gasteiger partial charge is 0.478 e. The van der Waals surface area contributed by atoms with Crippen molar-refractivity contribution in [3.05, 3.63) is 46.7 Å². The molecule has 4 N–H and O–H groups in total. The van der Waals surface area contributed by atoms with E-state index in [2.05, 4.69) is 22.7 Å². The molecule has 2 aromatic rings. The minimum Gasteiger partial charge on any atom is -0.478 e. The van der Waals surface area contributed by atoms with Crippen LogP contribution in [0.2, 0.25) is 5.02 Å². The third-order valence-corrected chi connectivity index (χ3v) is 2.80. The summed E-state index contributed by atoms with van der Waals surface area (Å²) in [7, 11) is 0. The maximum Gasteiger partial charge on any atom is 0.336 e. The second-order valence-electron chi connectivity index (χ2n) is 3.93. The van der Waals surface area contributed by atoms with Gasteiger partial charge in [0.05, 0.1) is 11.8 Å². The van der Waals surface area contributed by atoms with E-state index in [1.807, 2.05) is 0 Å². The van der Waals surface area contributed by atoms with Crippen molar-refractivity contribution >= 4 is 41.1 Å². The molecule has 0 saturated heterocycles. The van der Waals surface area contributed by atoms with Crippen molar-refractivity contribution < 1.29 is 14.3 Å². The molecule has 0 saturated carbocycles. The molecule has 0 unspecified atom stereocenters. The SMILES string of the molecule is NC(=S)N/N=C/c1ccc(-c2cc(Cl)ccc2C(=O)O)o1. The zero-order valence-corrected chi connectivity index (χ0v) is 12.1. The molecule has 0 aliphatic heterocycles. The van der Waals surface area contributed by atoms with E-state index in [9.17, 15) is 9.90 Å². The number of rotatable bonds is 4. The number of benzene rings is 1. The van der Waals surface area contributed by atoms with Crippen LogP contribution in [-0.4, -0.2) is 22.4 Å². The monoisotopic (exact) mass is 323 g/mol. The number of carbonyl (C=O) groups is 1. The first-order valence-corrected chi connectivity index (χ1v) is 6.47. The predicted molar refractivity (Wildman–Crippen MR) is 83.6 cm³/mol. The van der Waals surface area contributed by atoms with Crippen LogP contribution < -0.4 is 11.2 Å². The van der Waals surface area contributed by atoms with Crippen LogP contribution in [0.1, 0.15) is 16.1 Å². The number of furan rings is 1. The molecular formula is C13H10ClN3O3S. The van der Waals surface area contributed by atoms with E-state index in [-0.39, 0.29) is 10.7 Å². The van der Waals surface area contributed by atoms with E-state index in [1.165, 1.54) is 24.4 Å². The van der Waals surface area contributed by atoms with Crippen molar-refractivity contribution in [2.75, 3.05) is 0 Å². The highest BCUT2D eigenvalue weighted by Crippen LogP contribution is 2.28. The molecule has 0 bridgehead atoms. The molecule has 6 nitrogen and oxygen atoms in total.